The second-order valence-corrected chi connectivity index (χ2v) is 8.29. The number of nitrogens with one attached hydrogen (secondary N) is 1. The molecule has 1 N–H and O–H groups in total. The van der Waals surface area contributed by atoms with E-state index < -0.39 is 0 Å². The number of Topliss-reactive ketones (excluding diaryl/α,β-unsaturated/α-hetero) is 2. The Bertz CT molecular complexity index is 382. The van der Waals surface area contributed by atoms with E-state index in [1.54, 1.807) is 13.8 Å². The zero-order valence-corrected chi connectivity index (χ0v) is 19.5. The summed E-state index contributed by atoms with van der Waals surface area (Å²) in [5.41, 5.74) is 0. The van der Waals surface area contributed by atoms with Crippen molar-refractivity contribution in [2.45, 2.75) is 39.5 Å². The lowest BCUT2D eigenvalue weighted by molar-refractivity contribution is -0.117. The quantitative estimate of drug-likeness (QED) is 0.599. The molecule has 2 saturated heterocycles. The van der Waals surface area contributed by atoms with E-state index in [0.717, 1.165) is 57.3 Å². The van der Waals surface area contributed by atoms with Crippen LogP contribution in [0.4, 0.5) is 0 Å². The molecule has 0 radical (unpaired) electrons. The Kier molecular flexibility index (Phi) is 17.5. The summed E-state index contributed by atoms with van der Waals surface area (Å²) in [6.07, 6.45) is 3.45. The highest BCUT2D eigenvalue weighted by atomic mass is 79.9. The molecule has 0 aromatic heterocycles. The van der Waals surface area contributed by atoms with E-state index in [1.165, 1.54) is 26.2 Å². The highest BCUT2D eigenvalue weighted by Gasteiger charge is 2.12. The fourth-order valence-corrected chi connectivity index (χ4v) is 3.00. The third-order valence-corrected chi connectivity index (χ3v) is 5.16. The van der Waals surface area contributed by atoms with Crippen LogP contribution in [0.5, 0.6) is 0 Å². The number of ketones is 2. The number of halogens is 1. The predicted octanol–water partition coefficient (Wildman–Crippen LogP) is 1.87. The normalized spacial score (nSPS) is 18.7. The fraction of sp³-hybridized carbons (Fsp3) is 0.900. The van der Waals surface area contributed by atoms with Crippen LogP contribution in [0.3, 0.4) is 0 Å². The summed E-state index contributed by atoms with van der Waals surface area (Å²) in [7, 11) is 4.31. The average molecular weight is 449 g/mol. The van der Waals surface area contributed by atoms with Crippen LogP contribution < -0.4 is 5.32 Å². The molecule has 7 heteroatoms. The van der Waals surface area contributed by atoms with E-state index in [0.29, 0.717) is 12.2 Å². The zero-order valence-electron chi connectivity index (χ0n) is 17.9. The molecule has 2 fully saturated rings. The number of likely N-dealkylation sites (N-methyl/N-ethyl adjacent to an activating group) is 2. The minimum atomic E-state index is 0.277. The molecule has 0 spiro atoms. The Hall–Kier alpha value is -0.340. The molecule has 6 nitrogen and oxygen atoms in total. The van der Waals surface area contributed by atoms with Crippen LogP contribution in [0.15, 0.2) is 0 Å². The third kappa shape index (κ3) is 18.8. The zero-order chi connectivity index (χ0) is 20.5. The summed E-state index contributed by atoms with van der Waals surface area (Å²) in [6.45, 7) is 13.8. The maximum Gasteiger partial charge on any atom is 0.129 e. The Morgan fingerprint density at radius 2 is 1.30 bits per heavy atom. The maximum atomic E-state index is 10.7. The lowest BCUT2D eigenvalue weighted by Gasteiger charge is -2.32. The van der Waals surface area contributed by atoms with Gasteiger partial charge in [-0.25, -0.2) is 0 Å². The van der Waals surface area contributed by atoms with Crippen molar-refractivity contribution in [3.05, 3.63) is 0 Å². The maximum absolute atomic E-state index is 10.7. The highest BCUT2D eigenvalue weighted by Crippen LogP contribution is 2.01. The molecule has 2 aliphatic heterocycles. The van der Waals surface area contributed by atoms with Crippen LogP contribution in [0.25, 0.3) is 0 Å². The van der Waals surface area contributed by atoms with Crippen molar-refractivity contribution in [3.8, 4) is 0 Å². The van der Waals surface area contributed by atoms with Crippen molar-refractivity contribution in [2.24, 2.45) is 0 Å². The van der Waals surface area contributed by atoms with Crippen molar-refractivity contribution in [1.82, 2.24) is 20.0 Å². The lowest BCUT2D eigenvalue weighted by Crippen LogP contribution is -2.44. The van der Waals surface area contributed by atoms with Gasteiger partial charge in [0, 0.05) is 70.5 Å². The average Bonchev–Trinajstić information content (AvgIpc) is 2.63. The van der Waals surface area contributed by atoms with Gasteiger partial charge in [-0.1, -0.05) is 15.9 Å². The second kappa shape index (κ2) is 17.7. The van der Waals surface area contributed by atoms with Gasteiger partial charge in [0.2, 0.25) is 0 Å². The summed E-state index contributed by atoms with van der Waals surface area (Å²) in [4.78, 5) is 28.0. The van der Waals surface area contributed by atoms with Gasteiger partial charge in [0.1, 0.15) is 11.6 Å². The van der Waals surface area contributed by atoms with Crippen LogP contribution in [-0.2, 0) is 9.59 Å². The molecule has 0 amide bonds. The molecule has 2 rings (SSSR count). The topological polar surface area (TPSA) is 55.9 Å². The molecule has 0 aromatic carbocycles. The molecule has 0 aliphatic carbocycles. The van der Waals surface area contributed by atoms with Crippen molar-refractivity contribution in [1.29, 1.82) is 0 Å². The summed E-state index contributed by atoms with van der Waals surface area (Å²) in [5.74, 6) is 0.591. The monoisotopic (exact) mass is 448 g/mol. The molecule has 0 unspecified atom stereocenters. The van der Waals surface area contributed by atoms with Gasteiger partial charge < -0.3 is 29.6 Å². The van der Waals surface area contributed by atoms with E-state index >= 15 is 0 Å². The Morgan fingerprint density at radius 3 is 1.67 bits per heavy atom. The van der Waals surface area contributed by atoms with E-state index in [-0.39, 0.29) is 5.78 Å². The first-order chi connectivity index (χ1) is 12.8. The third-order valence-electron chi connectivity index (χ3n) is 4.60. The minimum absolute atomic E-state index is 0.277. The molecule has 0 bridgehead atoms. The van der Waals surface area contributed by atoms with Crippen LogP contribution in [0, 0.1) is 0 Å². The van der Waals surface area contributed by atoms with Gasteiger partial charge in [-0.3, -0.25) is 0 Å². The molecule has 0 atom stereocenters. The number of hydrogen-bond donors (Lipinski definition) is 1. The lowest BCUT2D eigenvalue weighted by atomic mass is 10.2. The van der Waals surface area contributed by atoms with Gasteiger partial charge in [0.25, 0.3) is 0 Å². The Labute approximate surface area is 175 Å². The number of nitrogens with zero attached hydrogens (tertiary/aromatic N) is 3. The largest absolute Gasteiger partial charge is 0.314 e. The van der Waals surface area contributed by atoms with Crippen molar-refractivity contribution >= 4 is 27.5 Å². The number of carbonyl (C=O) groups excluding carboxylic acids is 2. The first kappa shape index (κ1) is 26.7. The number of rotatable bonds is 7. The van der Waals surface area contributed by atoms with E-state index in [4.69, 9.17) is 0 Å². The van der Waals surface area contributed by atoms with Crippen molar-refractivity contribution < 1.29 is 9.59 Å². The number of carbonyl (C=O) groups is 2. The van der Waals surface area contributed by atoms with Gasteiger partial charge in [-0.05, 0) is 47.3 Å². The van der Waals surface area contributed by atoms with Crippen molar-refractivity contribution in [3.63, 3.8) is 0 Å². The fourth-order valence-electron chi connectivity index (χ4n) is 2.72. The first-order valence-corrected chi connectivity index (χ1v) is 11.3. The first-order valence-electron chi connectivity index (χ1n) is 10.2. The molecule has 2 aliphatic rings. The van der Waals surface area contributed by atoms with Gasteiger partial charge in [0.05, 0.1) is 0 Å². The molecule has 2 heterocycles. The van der Waals surface area contributed by atoms with Crippen LogP contribution in [-0.4, -0.2) is 105 Å². The summed E-state index contributed by atoms with van der Waals surface area (Å²) in [5, 5.41) is 4.21. The van der Waals surface area contributed by atoms with E-state index in [1.807, 2.05) is 0 Å². The molecule has 27 heavy (non-hydrogen) atoms. The summed E-state index contributed by atoms with van der Waals surface area (Å²) in [6, 6.07) is 0. The van der Waals surface area contributed by atoms with Gasteiger partial charge in [0.15, 0.2) is 0 Å². The second-order valence-electron chi connectivity index (χ2n) is 7.50. The van der Waals surface area contributed by atoms with Crippen molar-refractivity contribution in [2.75, 3.05) is 78.3 Å². The predicted molar refractivity (Wildman–Crippen MR) is 118 cm³/mol. The SMILES string of the molecule is CC(=O)CCCBr.CC(=O)CCCN1CCN(C)CC1.CN1CCNCC1. The van der Waals surface area contributed by atoms with E-state index in [2.05, 4.69) is 50.0 Å². The van der Waals surface area contributed by atoms with Crippen LogP contribution >= 0.6 is 15.9 Å². The smallest absolute Gasteiger partial charge is 0.129 e. The van der Waals surface area contributed by atoms with Crippen LogP contribution in [0.2, 0.25) is 0 Å². The molecular weight excluding hydrogens is 408 g/mol. The standard InChI is InChI=1S/C10H20N2O.C5H9BrO.C5H12N2/c1-10(13)4-3-5-12-8-6-11(2)7-9-12;1-5(7)3-2-4-6;1-7-4-2-6-3-5-7/h3-9H2,1-2H3;2-4H2,1H3;6H,2-5H2,1H3. The molecule has 0 saturated carbocycles. The van der Waals surface area contributed by atoms with Gasteiger partial charge in [-0.15, -0.1) is 0 Å². The number of hydrogen-bond acceptors (Lipinski definition) is 6. The summed E-state index contributed by atoms with van der Waals surface area (Å²) >= 11 is 3.23. The number of alkyl halides is 1. The van der Waals surface area contributed by atoms with E-state index in [9.17, 15) is 9.59 Å². The van der Waals surface area contributed by atoms with Crippen LogP contribution in [0.1, 0.15) is 39.5 Å². The number of piperazine rings is 2. The van der Waals surface area contributed by atoms with Gasteiger partial charge in [-0.2, -0.15) is 0 Å². The molecule has 160 valence electrons. The van der Waals surface area contributed by atoms with Gasteiger partial charge >= 0.3 is 0 Å². The Morgan fingerprint density at radius 1 is 0.815 bits per heavy atom. The summed E-state index contributed by atoms with van der Waals surface area (Å²) < 4.78 is 0. The molecular formula is C20H41BrN4O2. The Balaban J connectivity index is 0.000000410. The minimum Gasteiger partial charge on any atom is -0.314 e. The highest BCUT2D eigenvalue weighted by molar-refractivity contribution is 9.09. The molecule has 0 aromatic rings.